The van der Waals surface area contributed by atoms with Crippen LogP contribution in [0.5, 0.6) is 0 Å². The molecule has 2 saturated carbocycles. The van der Waals surface area contributed by atoms with E-state index in [-0.39, 0.29) is 17.7 Å². The van der Waals surface area contributed by atoms with Crippen molar-refractivity contribution in [2.24, 2.45) is 5.41 Å². The van der Waals surface area contributed by atoms with Crippen LogP contribution in [-0.4, -0.2) is 33.2 Å². The number of aliphatic hydroxyl groups excluding tert-OH is 1. The second kappa shape index (κ2) is 6.49. The van der Waals surface area contributed by atoms with Gasteiger partial charge in [-0.2, -0.15) is 0 Å². The number of aliphatic hydroxyl groups is 1. The molecule has 2 aliphatic rings. The van der Waals surface area contributed by atoms with Crippen LogP contribution in [-0.2, 0) is 6.42 Å². The number of rotatable bonds is 5. The molecule has 6 heteroatoms. The maximum absolute atomic E-state index is 12.6. The van der Waals surface area contributed by atoms with Gasteiger partial charge in [0.05, 0.1) is 6.61 Å². The van der Waals surface area contributed by atoms with Crippen LogP contribution in [0.1, 0.15) is 56.2 Å². The molecule has 4 rings (SSSR count). The minimum absolute atomic E-state index is 0.0426. The van der Waals surface area contributed by atoms with Gasteiger partial charge in [-0.1, -0.05) is 19.3 Å². The minimum Gasteiger partial charge on any atom is -0.394 e. The first-order valence-corrected chi connectivity index (χ1v) is 10.3. The molecular weight excluding hydrogens is 334 g/mol. The number of hydrogen-bond acceptors (Lipinski definition) is 5. The first-order valence-electron chi connectivity index (χ1n) is 9.38. The van der Waals surface area contributed by atoms with Crippen LogP contribution in [0.25, 0.3) is 4.96 Å². The van der Waals surface area contributed by atoms with Crippen molar-refractivity contribution in [3.05, 3.63) is 33.2 Å². The lowest BCUT2D eigenvalue weighted by molar-refractivity contribution is -0.0567. The van der Waals surface area contributed by atoms with Crippen molar-refractivity contribution in [2.45, 2.75) is 63.8 Å². The highest BCUT2D eigenvalue weighted by atomic mass is 32.1. The van der Waals surface area contributed by atoms with E-state index in [0.29, 0.717) is 18.4 Å². The van der Waals surface area contributed by atoms with Gasteiger partial charge >= 0.3 is 0 Å². The third-order valence-corrected chi connectivity index (χ3v) is 7.04. The number of aromatic nitrogens is 2. The summed E-state index contributed by atoms with van der Waals surface area (Å²) in [5.41, 5.74) is 1.98. The molecule has 0 radical (unpaired) electrons. The summed E-state index contributed by atoms with van der Waals surface area (Å²) in [5, 5.41) is 15.4. The van der Waals surface area contributed by atoms with E-state index in [1.807, 2.05) is 12.3 Å². The molecule has 25 heavy (non-hydrogen) atoms. The van der Waals surface area contributed by atoms with Gasteiger partial charge < -0.3 is 10.4 Å². The fourth-order valence-corrected chi connectivity index (χ4v) is 5.84. The van der Waals surface area contributed by atoms with E-state index in [1.54, 1.807) is 10.6 Å². The van der Waals surface area contributed by atoms with Gasteiger partial charge in [0.1, 0.15) is 0 Å². The van der Waals surface area contributed by atoms with Crippen molar-refractivity contribution in [2.75, 3.05) is 13.2 Å². The van der Waals surface area contributed by atoms with Gasteiger partial charge in [-0.15, -0.1) is 11.3 Å². The second-order valence-electron chi connectivity index (χ2n) is 8.07. The summed E-state index contributed by atoms with van der Waals surface area (Å²) in [5.74, 6) is 0. The molecule has 136 valence electrons. The molecule has 0 bridgehead atoms. The summed E-state index contributed by atoms with van der Waals surface area (Å²) in [4.78, 5) is 17.9. The van der Waals surface area contributed by atoms with Crippen LogP contribution in [0.3, 0.4) is 0 Å². The number of aryl methyl sites for hydroxylation is 1. The zero-order valence-electron chi connectivity index (χ0n) is 14.9. The third-order valence-electron chi connectivity index (χ3n) is 6.29. The Bertz CT molecular complexity index is 812. The predicted molar refractivity (Wildman–Crippen MR) is 100 cm³/mol. The van der Waals surface area contributed by atoms with E-state index in [4.69, 9.17) is 0 Å². The molecule has 2 N–H and O–H groups in total. The summed E-state index contributed by atoms with van der Waals surface area (Å²) in [6.45, 7) is 2.82. The lowest BCUT2D eigenvalue weighted by Gasteiger charge is -2.58. The van der Waals surface area contributed by atoms with Crippen LogP contribution < -0.4 is 10.9 Å². The molecule has 2 fully saturated rings. The number of nitrogens with one attached hydrogen (secondary N) is 1. The van der Waals surface area contributed by atoms with Crippen molar-refractivity contribution in [1.29, 1.82) is 0 Å². The summed E-state index contributed by atoms with van der Waals surface area (Å²) in [6.07, 6.45) is 11.3. The molecule has 0 aliphatic heterocycles. The largest absolute Gasteiger partial charge is 0.394 e. The lowest BCUT2D eigenvalue weighted by atomic mass is 9.52. The van der Waals surface area contributed by atoms with Gasteiger partial charge in [-0.05, 0) is 44.4 Å². The average molecular weight is 362 g/mol. The SMILES string of the molecule is Cc1nc2sccn2c(=O)c1CCNC1(CO)CC2(CCCCC2)C1. The zero-order chi connectivity index (χ0) is 17.5. The molecule has 0 saturated heterocycles. The van der Waals surface area contributed by atoms with Crippen LogP contribution >= 0.6 is 11.3 Å². The first kappa shape index (κ1) is 17.2. The van der Waals surface area contributed by atoms with Gasteiger partial charge in [0.15, 0.2) is 4.96 Å². The van der Waals surface area contributed by atoms with Gasteiger partial charge in [-0.3, -0.25) is 9.20 Å². The molecule has 0 aromatic carbocycles. The van der Waals surface area contributed by atoms with Gasteiger partial charge in [0.25, 0.3) is 5.56 Å². The number of nitrogens with zero attached hydrogens (tertiary/aromatic N) is 2. The van der Waals surface area contributed by atoms with Crippen molar-refractivity contribution in [3.63, 3.8) is 0 Å². The average Bonchev–Trinajstić information content (AvgIpc) is 3.05. The van der Waals surface area contributed by atoms with Crippen molar-refractivity contribution < 1.29 is 5.11 Å². The highest BCUT2D eigenvalue weighted by molar-refractivity contribution is 7.15. The van der Waals surface area contributed by atoms with Crippen molar-refractivity contribution >= 4 is 16.3 Å². The topological polar surface area (TPSA) is 66.6 Å². The van der Waals surface area contributed by atoms with Gasteiger partial charge in [-0.25, -0.2) is 4.98 Å². The van der Waals surface area contributed by atoms with E-state index >= 15 is 0 Å². The molecule has 1 spiro atoms. The monoisotopic (exact) mass is 361 g/mol. The highest BCUT2D eigenvalue weighted by Crippen LogP contribution is 2.56. The summed E-state index contributed by atoms with van der Waals surface area (Å²) >= 11 is 1.48. The summed E-state index contributed by atoms with van der Waals surface area (Å²) < 4.78 is 1.63. The lowest BCUT2D eigenvalue weighted by Crippen LogP contribution is -2.63. The number of thiazole rings is 1. The number of fused-ring (bicyclic) bond motifs is 1. The summed E-state index contributed by atoms with van der Waals surface area (Å²) in [6, 6.07) is 0. The number of hydrogen-bond donors (Lipinski definition) is 2. The predicted octanol–water partition coefficient (Wildman–Crippen LogP) is 2.67. The van der Waals surface area contributed by atoms with E-state index in [0.717, 1.165) is 29.1 Å². The summed E-state index contributed by atoms with van der Waals surface area (Å²) in [7, 11) is 0. The van der Waals surface area contributed by atoms with Crippen molar-refractivity contribution in [3.8, 4) is 0 Å². The Labute approximate surface area is 152 Å². The molecule has 0 amide bonds. The maximum Gasteiger partial charge on any atom is 0.261 e. The standard InChI is InChI=1S/C19H27N3O2S/c1-14-15(16(24)22-9-10-25-17(22)21-14)5-8-20-19(13-23)11-18(12-19)6-3-2-4-7-18/h9-10,20,23H,2-8,11-13H2,1H3. The van der Waals surface area contributed by atoms with E-state index < -0.39 is 0 Å². The van der Waals surface area contributed by atoms with E-state index in [9.17, 15) is 9.90 Å². The molecule has 5 nitrogen and oxygen atoms in total. The molecular formula is C19H27N3O2S. The Kier molecular flexibility index (Phi) is 4.46. The smallest absolute Gasteiger partial charge is 0.261 e. The van der Waals surface area contributed by atoms with Crippen LogP contribution in [0.4, 0.5) is 0 Å². The molecule has 2 aliphatic carbocycles. The molecule has 0 atom stereocenters. The Morgan fingerprint density at radius 1 is 1.32 bits per heavy atom. The third kappa shape index (κ3) is 3.04. The minimum atomic E-state index is -0.138. The molecule has 0 unspecified atom stereocenters. The Morgan fingerprint density at radius 2 is 2.08 bits per heavy atom. The first-order chi connectivity index (χ1) is 12.1. The maximum atomic E-state index is 12.6. The fraction of sp³-hybridized carbons (Fsp3) is 0.684. The Balaban J connectivity index is 1.41. The zero-order valence-corrected chi connectivity index (χ0v) is 15.7. The van der Waals surface area contributed by atoms with Gasteiger partial charge in [0, 0.05) is 34.9 Å². The van der Waals surface area contributed by atoms with Crippen LogP contribution in [0.2, 0.25) is 0 Å². The van der Waals surface area contributed by atoms with Crippen LogP contribution in [0, 0.1) is 12.3 Å². The second-order valence-corrected chi connectivity index (χ2v) is 8.94. The van der Waals surface area contributed by atoms with E-state index in [2.05, 4.69) is 10.3 Å². The van der Waals surface area contributed by atoms with Crippen LogP contribution in [0.15, 0.2) is 16.4 Å². The fourth-order valence-electron chi connectivity index (χ4n) is 5.09. The molecule has 2 heterocycles. The highest BCUT2D eigenvalue weighted by Gasteiger charge is 2.53. The Hall–Kier alpha value is -1.24. The normalized spacial score (nSPS) is 21.5. The van der Waals surface area contributed by atoms with E-state index in [1.165, 1.54) is 43.4 Å². The molecule has 2 aromatic rings. The van der Waals surface area contributed by atoms with Gasteiger partial charge in [0.2, 0.25) is 0 Å². The van der Waals surface area contributed by atoms with Crippen molar-refractivity contribution in [1.82, 2.24) is 14.7 Å². The molecule has 2 aromatic heterocycles. The quantitative estimate of drug-likeness (QED) is 0.859. The Morgan fingerprint density at radius 3 is 2.80 bits per heavy atom.